The molecule has 0 aromatic heterocycles. The molecule has 20 heavy (non-hydrogen) atoms. The van der Waals surface area contributed by atoms with E-state index in [9.17, 15) is 0 Å². The zero-order valence-corrected chi connectivity index (χ0v) is 12.0. The first-order valence-electron chi connectivity index (χ1n) is 7.68. The van der Waals surface area contributed by atoms with Crippen LogP contribution in [0.5, 0.6) is 0 Å². The molecule has 4 rings (SSSR count). The van der Waals surface area contributed by atoms with Crippen LogP contribution in [0.1, 0.15) is 41.4 Å². The van der Waals surface area contributed by atoms with Crippen LogP contribution in [0, 0.1) is 0 Å². The van der Waals surface area contributed by atoms with Crippen molar-refractivity contribution in [1.82, 2.24) is 4.90 Å². The molecule has 1 nitrogen and oxygen atoms in total. The van der Waals surface area contributed by atoms with Crippen LogP contribution in [0.15, 0.2) is 54.6 Å². The quantitative estimate of drug-likeness (QED) is 0.751. The average Bonchev–Trinajstić information content (AvgIpc) is 2.89. The van der Waals surface area contributed by atoms with Gasteiger partial charge in [0.1, 0.15) is 0 Å². The monoisotopic (exact) mass is 263 g/mol. The summed E-state index contributed by atoms with van der Waals surface area (Å²) >= 11 is 0. The summed E-state index contributed by atoms with van der Waals surface area (Å²) in [7, 11) is 2.29. The van der Waals surface area contributed by atoms with Crippen molar-refractivity contribution in [2.75, 3.05) is 13.6 Å². The lowest BCUT2D eigenvalue weighted by Crippen LogP contribution is -2.34. The molecular weight excluding hydrogens is 242 g/mol. The van der Waals surface area contributed by atoms with Gasteiger partial charge in [0.05, 0.1) is 0 Å². The molecule has 0 bridgehead atoms. The highest BCUT2D eigenvalue weighted by molar-refractivity contribution is 5.44. The third kappa shape index (κ3) is 1.81. The highest BCUT2D eigenvalue weighted by Gasteiger charge is 2.40. The van der Waals surface area contributed by atoms with Crippen molar-refractivity contribution in [2.45, 2.75) is 30.7 Å². The largest absolute Gasteiger partial charge is 0.303 e. The number of nitrogens with zero attached hydrogens (tertiary/aromatic N) is 1. The molecule has 1 fully saturated rings. The molecule has 1 aliphatic carbocycles. The second-order valence-electron chi connectivity index (χ2n) is 6.27. The molecule has 3 atom stereocenters. The van der Waals surface area contributed by atoms with Crippen molar-refractivity contribution in [1.29, 1.82) is 0 Å². The number of rotatable bonds is 1. The normalized spacial score (nSPS) is 28.9. The fraction of sp³-hybridized carbons (Fsp3) is 0.368. The maximum atomic E-state index is 2.57. The van der Waals surface area contributed by atoms with E-state index in [1.165, 1.54) is 24.9 Å². The summed E-state index contributed by atoms with van der Waals surface area (Å²) in [5.41, 5.74) is 4.64. The van der Waals surface area contributed by atoms with E-state index >= 15 is 0 Å². The van der Waals surface area contributed by atoms with Crippen molar-refractivity contribution in [3.63, 3.8) is 0 Å². The number of benzene rings is 2. The molecule has 2 aliphatic rings. The molecular formula is C19H21N. The van der Waals surface area contributed by atoms with Gasteiger partial charge in [0, 0.05) is 17.9 Å². The average molecular weight is 263 g/mol. The summed E-state index contributed by atoms with van der Waals surface area (Å²) in [4.78, 5) is 2.57. The molecule has 1 heteroatoms. The molecule has 0 spiro atoms. The Kier molecular flexibility index (Phi) is 2.89. The van der Waals surface area contributed by atoms with Gasteiger partial charge in [-0.3, -0.25) is 0 Å². The Balaban J connectivity index is 1.83. The Hall–Kier alpha value is -1.60. The van der Waals surface area contributed by atoms with Gasteiger partial charge in [-0.2, -0.15) is 0 Å². The van der Waals surface area contributed by atoms with E-state index in [1.807, 2.05) is 0 Å². The predicted molar refractivity (Wildman–Crippen MR) is 83.1 cm³/mol. The number of likely N-dealkylation sites (N-methyl/N-ethyl adjacent to an activating group) is 1. The molecule has 0 amide bonds. The Morgan fingerprint density at radius 2 is 1.60 bits per heavy atom. The first-order valence-corrected chi connectivity index (χ1v) is 7.68. The van der Waals surface area contributed by atoms with Gasteiger partial charge in [-0.05, 0) is 43.1 Å². The lowest BCUT2D eigenvalue weighted by Gasteiger charge is -2.37. The maximum absolute atomic E-state index is 2.57. The van der Waals surface area contributed by atoms with Gasteiger partial charge in [-0.1, -0.05) is 54.6 Å². The van der Waals surface area contributed by atoms with Crippen LogP contribution in [0.2, 0.25) is 0 Å². The highest BCUT2D eigenvalue weighted by atomic mass is 15.2. The van der Waals surface area contributed by atoms with Crippen LogP contribution in [-0.2, 0) is 0 Å². The van der Waals surface area contributed by atoms with E-state index < -0.39 is 0 Å². The minimum absolute atomic E-state index is 0.564. The molecule has 2 aromatic carbocycles. The van der Waals surface area contributed by atoms with E-state index in [-0.39, 0.29) is 0 Å². The SMILES string of the molecule is CN1CC[C@@H]2c3ccccc3[C@H](c3ccccc3)C[C@@H]21. The van der Waals surface area contributed by atoms with E-state index in [1.54, 1.807) is 11.1 Å². The van der Waals surface area contributed by atoms with Crippen LogP contribution in [0.25, 0.3) is 0 Å². The Morgan fingerprint density at radius 3 is 2.40 bits per heavy atom. The molecule has 0 N–H and O–H groups in total. The first kappa shape index (κ1) is 12.2. The Labute approximate surface area is 121 Å². The third-order valence-electron chi connectivity index (χ3n) is 5.27. The van der Waals surface area contributed by atoms with Gasteiger partial charge >= 0.3 is 0 Å². The van der Waals surface area contributed by atoms with E-state index in [0.29, 0.717) is 5.92 Å². The van der Waals surface area contributed by atoms with Crippen LogP contribution in [0.3, 0.4) is 0 Å². The summed E-state index contributed by atoms with van der Waals surface area (Å²) in [5, 5.41) is 0. The minimum atomic E-state index is 0.564. The summed E-state index contributed by atoms with van der Waals surface area (Å²) in [6, 6.07) is 20.9. The van der Waals surface area contributed by atoms with Crippen LogP contribution >= 0.6 is 0 Å². The van der Waals surface area contributed by atoms with Crippen molar-refractivity contribution in [3.8, 4) is 0 Å². The fourth-order valence-corrected chi connectivity index (χ4v) is 4.25. The van der Waals surface area contributed by atoms with Crippen LogP contribution < -0.4 is 0 Å². The van der Waals surface area contributed by atoms with Gasteiger partial charge in [0.15, 0.2) is 0 Å². The zero-order chi connectivity index (χ0) is 13.5. The Morgan fingerprint density at radius 1 is 0.900 bits per heavy atom. The molecule has 1 saturated heterocycles. The minimum Gasteiger partial charge on any atom is -0.303 e. The maximum Gasteiger partial charge on any atom is 0.0170 e. The molecule has 0 radical (unpaired) electrons. The second-order valence-corrected chi connectivity index (χ2v) is 6.27. The molecule has 102 valence electrons. The zero-order valence-electron chi connectivity index (χ0n) is 12.0. The fourth-order valence-electron chi connectivity index (χ4n) is 4.25. The highest BCUT2D eigenvalue weighted by Crippen LogP contribution is 2.47. The van der Waals surface area contributed by atoms with Gasteiger partial charge in [0.2, 0.25) is 0 Å². The van der Waals surface area contributed by atoms with E-state index in [0.717, 1.165) is 12.0 Å². The molecule has 1 heterocycles. The van der Waals surface area contributed by atoms with Gasteiger partial charge < -0.3 is 4.90 Å². The van der Waals surface area contributed by atoms with Gasteiger partial charge in [-0.25, -0.2) is 0 Å². The number of hydrogen-bond acceptors (Lipinski definition) is 1. The lowest BCUT2D eigenvalue weighted by molar-refractivity contribution is 0.265. The van der Waals surface area contributed by atoms with Crippen LogP contribution in [0.4, 0.5) is 0 Å². The molecule has 1 aliphatic heterocycles. The van der Waals surface area contributed by atoms with Crippen molar-refractivity contribution >= 4 is 0 Å². The summed E-state index contributed by atoms with van der Waals surface area (Å²) in [5.74, 6) is 1.31. The number of fused-ring (bicyclic) bond motifs is 3. The van der Waals surface area contributed by atoms with Crippen molar-refractivity contribution < 1.29 is 0 Å². The second kappa shape index (κ2) is 4.75. The molecule has 0 saturated carbocycles. The number of likely N-dealkylation sites (tertiary alicyclic amines) is 1. The smallest absolute Gasteiger partial charge is 0.0170 e. The first-order chi connectivity index (χ1) is 9.84. The van der Waals surface area contributed by atoms with Crippen molar-refractivity contribution in [2.24, 2.45) is 0 Å². The lowest BCUT2D eigenvalue weighted by atomic mass is 9.71. The number of hydrogen-bond donors (Lipinski definition) is 0. The predicted octanol–water partition coefficient (Wildman–Crippen LogP) is 4.01. The van der Waals surface area contributed by atoms with E-state index in [4.69, 9.17) is 0 Å². The summed E-state index contributed by atoms with van der Waals surface area (Å²) in [6.07, 6.45) is 2.59. The van der Waals surface area contributed by atoms with Gasteiger partial charge in [0.25, 0.3) is 0 Å². The third-order valence-corrected chi connectivity index (χ3v) is 5.27. The molecule has 0 unspecified atom stereocenters. The molecule has 2 aromatic rings. The van der Waals surface area contributed by atoms with Crippen molar-refractivity contribution in [3.05, 3.63) is 71.3 Å². The summed E-state index contributed by atoms with van der Waals surface area (Å²) < 4.78 is 0. The topological polar surface area (TPSA) is 3.24 Å². The van der Waals surface area contributed by atoms with Gasteiger partial charge in [-0.15, -0.1) is 0 Å². The standard InChI is InChI=1S/C19H21N/c1-20-12-11-17-15-9-5-6-10-16(15)18(13-19(17)20)14-7-3-2-4-8-14/h2-10,17-19H,11-13H2,1H3/t17-,18+,19+/m1/s1. The van der Waals surface area contributed by atoms with Crippen LogP contribution in [-0.4, -0.2) is 24.5 Å². The van der Waals surface area contributed by atoms with E-state index in [2.05, 4.69) is 66.5 Å². The Bertz CT molecular complexity index is 604. The summed E-state index contributed by atoms with van der Waals surface area (Å²) in [6.45, 7) is 1.24.